The molecule has 1 heterocycles. The van der Waals surface area contributed by atoms with Crippen LogP contribution in [0.4, 0.5) is 0 Å². The third kappa shape index (κ3) is 3.17. The highest BCUT2D eigenvalue weighted by atomic mass is 16.3. The number of hydrogen-bond donors (Lipinski definition) is 2. The average Bonchev–Trinajstić information content (AvgIpc) is 2.53. The Hall–Kier alpha value is -2.20. The minimum absolute atomic E-state index is 0.0191. The maximum absolute atomic E-state index is 12.4. The monoisotopic (exact) mass is 296 g/mol. The summed E-state index contributed by atoms with van der Waals surface area (Å²) in [6.07, 6.45) is 4.97. The first-order valence-corrected chi connectivity index (χ1v) is 7.71. The fraction of sp³-hybridized carbons (Fsp3) is 0.333. The van der Waals surface area contributed by atoms with Crippen molar-refractivity contribution >= 4 is 5.91 Å². The topological polar surface area (TPSA) is 62.2 Å². The maximum atomic E-state index is 12.4. The van der Waals surface area contributed by atoms with Crippen LogP contribution in [0.25, 0.3) is 11.1 Å². The molecule has 1 amide bonds. The first kappa shape index (κ1) is 14.7. The SMILES string of the molecule is O=C(NC(CO)C1CCC1)c1cc(-c2ccccc2)ccn1. The molecule has 4 nitrogen and oxygen atoms in total. The van der Waals surface area contributed by atoms with Crippen LogP contribution >= 0.6 is 0 Å². The van der Waals surface area contributed by atoms with Gasteiger partial charge in [-0.05, 0) is 42.0 Å². The Bertz CT molecular complexity index is 639. The number of nitrogens with one attached hydrogen (secondary N) is 1. The zero-order chi connectivity index (χ0) is 15.4. The Morgan fingerprint density at radius 1 is 1.23 bits per heavy atom. The second-order valence-electron chi connectivity index (χ2n) is 5.75. The standard InChI is InChI=1S/C18H20N2O2/c21-12-17(14-7-4-8-14)20-18(22)16-11-15(9-10-19-16)13-5-2-1-3-6-13/h1-3,5-6,9-11,14,17,21H,4,7-8,12H2,(H,20,22). The van der Waals surface area contributed by atoms with Crippen LogP contribution < -0.4 is 5.32 Å². The van der Waals surface area contributed by atoms with Crippen molar-refractivity contribution in [3.8, 4) is 11.1 Å². The lowest BCUT2D eigenvalue weighted by atomic mass is 9.80. The number of aliphatic hydroxyl groups is 1. The lowest BCUT2D eigenvalue weighted by Gasteiger charge is -2.33. The second-order valence-corrected chi connectivity index (χ2v) is 5.75. The third-order valence-electron chi connectivity index (χ3n) is 4.33. The number of benzene rings is 1. The molecule has 0 bridgehead atoms. The lowest BCUT2D eigenvalue weighted by Crippen LogP contribution is -2.45. The molecule has 2 aromatic rings. The van der Waals surface area contributed by atoms with E-state index in [9.17, 15) is 9.90 Å². The molecule has 4 heteroatoms. The summed E-state index contributed by atoms with van der Waals surface area (Å²) < 4.78 is 0. The third-order valence-corrected chi connectivity index (χ3v) is 4.33. The number of hydrogen-bond acceptors (Lipinski definition) is 3. The van der Waals surface area contributed by atoms with Gasteiger partial charge in [-0.15, -0.1) is 0 Å². The minimum Gasteiger partial charge on any atom is -0.394 e. The van der Waals surface area contributed by atoms with E-state index < -0.39 is 0 Å². The van der Waals surface area contributed by atoms with Crippen molar-refractivity contribution in [3.63, 3.8) is 0 Å². The van der Waals surface area contributed by atoms with E-state index in [0.717, 1.165) is 24.0 Å². The number of rotatable bonds is 5. The van der Waals surface area contributed by atoms with Gasteiger partial charge in [0, 0.05) is 6.20 Å². The zero-order valence-electron chi connectivity index (χ0n) is 12.4. The van der Waals surface area contributed by atoms with Crippen LogP contribution in [-0.4, -0.2) is 28.6 Å². The zero-order valence-corrected chi connectivity index (χ0v) is 12.4. The van der Waals surface area contributed by atoms with E-state index in [1.165, 1.54) is 6.42 Å². The summed E-state index contributed by atoms with van der Waals surface area (Å²) >= 11 is 0. The molecule has 0 radical (unpaired) electrons. The van der Waals surface area contributed by atoms with E-state index >= 15 is 0 Å². The molecule has 1 aliphatic carbocycles. The van der Waals surface area contributed by atoms with Crippen molar-refractivity contribution in [2.75, 3.05) is 6.61 Å². The Morgan fingerprint density at radius 2 is 2.00 bits per heavy atom. The predicted molar refractivity (Wildman–Crippen MR) is 85.4 cm³/mol. The molecular formula is C18H20N2O2. The number of aromatic nitrogens is 1. The maximum Gasteiger partial charge on any atom is 0.270 e. The Balaban J connectivity index is 1.75. The molecular weight excluding hydrogens is 276 g/mol. The van der Waals surface area contributed by atoms with Gasteiger partial charge in [-0.1, -0.05) is 36.8 Å². The van der Waals surface area contributed by atoms with Crippen molar-refractivity contribution < 1.29 is 9.90 Å². The molecule has 1 aliphatic rings. The highest BCUT2D eigenvalue weighted by Gasteiger charge is 2.28. The van der Waals surface area contributed by atoms with Crippen LogP contribution in [0.1, 0.15) is 29.8 Å². The average molecular weight is 296 g/mol. The molecule has 114 valence electrons. The van der Waals surface area contributed by atoms with E-state index in [2.05, 4.69) is 10.3 Å². The number of pyridine rings is 1. The molecule has 1 fully saturated rings. The van der Waals surface area contributed by atoms with Crippen molar-refractivity contribution in [2.45, 2.75) is 25.3 Å². The highest BCUT2D eigenvalue weighted by Crippen LogP contribution is 2.29. The fourth-order valence-corrected chi connectivity index (χ4v) is 2.76. The Labute approximate surface area is 130 Å². The van der Waals surface area contributed by atoms with Gasteiger partial charge < -0.3 is 10.4 Å². The second kappa shape index (κ2) is 6.71. The van der Waals surface area contributed by atoms with Crippen molar-refractivity contribution in [3.05, 3.63) is 54.4 Å². The number of carbonyl (C=O) groups is 1. The summed E-state index contributed by atoms with van der Waals surface area (Å²) in [5.41, 5.74) is 2.40. The number of nitrogens with zero attached hydrogens (tertiary/aromatic N) is 1. The van der Waals surface area contributed by atoms with E-state index in [-0.39, 0.29) is 18.6 Å². The van der Waals surface area contributed by atoms with Gasteiger partial charge in [-0.2, -0.15) is 0 Å². The van der Waals surface area contributed by atoms with Gasteiger partial charge in [-0.25, -0.2) is 0 Å². The van der Waals surface area contributed by atoms with Gasteiger partial charge in [0.2, 0.25) is 0 Å². The molecule has 1 atom stereocenters. The van der Waals surface area contributed by atoms with Crippen LogP contribution in [0, 0.1) is 5.92 Å². The van der Waals surface area contributed by atoms with Crippen molar-refractivity contribution in [1.82, 2.24) is 10.3 Å². The first-order valence-electron chi connectivity index (χ1n) is 7.71. The summed E-state index contributed by atoms with van der Waals surface area (Å²) in [6, 6.07) is 13.4. The minimum atomic E-state index is -0.219. The largest absolute Gasteiger partial charge is 0.394 e. The van der Waals surface area contributed by atoms with Crippen molar-refractivity contribution in [1.29, 1.82) is 0 Å². The van der Waals surface area contributed by atoms with E-state index in [0.29, 0.717) is 11.6 Å². The van der Waals surface area contributed by atoms with Gasteiger partial charge in [0.15, 0.2) is 0 Å². The first-order chi connectivity index (χ1) is 10.8. The van der Waals surface area contributed by atoms with Crippen molar-refractivity contribution in [2.24, 2.45) is 5.92 Å². The summed E-state index contributed by atoms with van der Waals surface area (Å²) in [5, 5.41) is 12.4. The quantitative estimate of drug-likeness (QED) is 0.891. The molecule has 0 spiro atoms. The van der Waals surface area contributed by atoms with Gasteiger partial charge in [0.25, 0.3) is 5.91 Å². The van der Waals surface area contributed by atoms with E-state index in [4.69, 9.17) is 0 Å². The van der Waals surface area contributed by atoms with Crippen LogP contribution in [0.15, 0.2) is 48.7 Å². The van der Waals surface area contributed by atoms with Gasteiger partial charge in [-0.3, -0.25) is 9.78 Å². The van der Waals surface area contributed by atoms with Crippen LogP contribution in [0.2, 0.25) is 0 Å². The molecule has 0 saturated heterocycles. The van der Waals surface area contributed by atoms with E-state index in [1.807, 2.05) is 36.4 Å². The van der Waals surface area contributed by atoms with Crippen LogP contribution in [0.5, 0.6) is 0 Å². The van der Waals surface area contributed by atoms with Gasteiger partial charge >= 0.3 is 0 Å². The van der Waals surface area contributed by atoms with Gasteiger partial charge in [0.1, 0.15) is 5.69 Å². The molecule has 1 unspecified atom stereocenters. The summed E-state index contributed by atoms with van der Waals surface area (Å²) in [7, 11) is 0. The molecule has 1 saturated carbocycles. The normalized spacial score (nSPS) is 15.9. The van der Waals surface area contributed by atoms with Crippen LogP contribution in [0.3, 0.4) is 0 Å². The van der Waals surface area contributed by atoms with Crippen LogP contribution in [-0.2, 0) is 0 Å². The summed E-state index contributed by atoms with van der Waals surface area (Å²) in [5.74, 6) is 0.176. The summed E-state index contributed by atoms with van der Waals surface area (Å²) in [6.45, 7) is -0.0191. The molecule has 1 aromatic heterocycles. The molecule has 0 aliphatic heterocycles. The number of amides is 1. The predicted octanol–water partition coefficient (Wildman–Crippen LogP) is 2.64. The Kier molecular flexibility index (Phi) is 4.49. The van der Waals surface area contributed by atoms with E-state index in [1.54, 1.807) is 12.3 Å². The van der Waals surface area contributed by atoms with Gasteiger partial charge in [0.05, 0.1) is 12.6 Å². The molecule has 22 heavy (non-hydrogen) atoms. The molecule has 3 rings (SSSR count). The number of carbonyl (C=O) groups excluding carboxylic acids is 1. The fourth-order valence-electron chi connectivity index (χ4n) is 2.76. The number of aliphatic hydroxyl groups excluding tert-OH is 1. The Morgan fingerprint density at radius 3 is 2.64 bits per heavy atom. The summed E-state index contributed by atoms with van der Waals surface area (Å²) in [4.78, 5) is 16.5. The lowest BCUT2D eigenvalue weighted by molar-refractivity contribution is 0.0840. The molecule has 1 aromatic carbocycles. The molecule has 2 N–H and O–H groups in total. The highest BCUT2D eigenvalue weighted by molar-refractivity contribution is 5.93. The smallest absolute Gasteiger partial charge is 0.270 e.